The molecule has 0 saturated carbocycles. The maximum atomic E-state index is 12.2. The Balaban J connectivity index is 3.67. The van der Waals surface area contributed by atoms with Crippen molar-refractivity contribution < 1.29 is 14.6 Å². The van der Waals surface area contributed by atoms with Gasteiger partial charge < -0.3 is 10.2 Å². The molecule has 24 heavy (non-hydrogen) atoms. The quantitative estimate of drug-likeness (QED) is 0.400. The second-order valence-electron chi connectivity index (χ2n) is 4.57. The van der Waals surface area contributed by atoms with Crippen molar-refractivity contribution in [2.75, 3.05) is 36.3 Å². The summed E-state index contributed by atoms with van der Waals surface area (Å²) in [5.41, 5.74) is -1.79. The predicted molar refractivity (Wildman–Crippen MR) is 91.4 cm³/mol. The molecule has 1 aromatic rings. The lowest BCUT2D eigenvalue weighted by Gasteiger charge is -2.23. The third kappa shape index (κ3) is 4.45. The summed E-state index contributed by atoms with van der Waals surface area (Å²) in [6, 6.07) is 2.31. The number of carbonyl (C=O) groups excluding carboxylic acids is 1. The highest BCUT2D eigenvalue weighted by molar-refractivity contribution is 6.18. The van der Waals surface area contributed by atoms with E-state index >= 15 is 0 Å². The van der Waals surface area contributed by atoms with Gasteiger partial charge in [-0.05, 0) is 13.0 Å². The molecule has 0 aliphatic carbocycles. The van der Waals surface area contributed by atoms with Crippen LogP contribution < -0.4 is 10.2 Å². The molecule has 1 aromatic carbocycles. The van der Waals surface area contributed by atoms with Crippen molar-refractivity contribution in [3.05, 3.63) is 37.9 Å². The molecular formula is C13H16Cl2N4O5. The summed E-state index contributed by atoms with van der Waals surface area (Å²) < 4.78 is 0. The molecule has 0 radical (unpaired) electrons. The zero-order valence-electron chi connectivity index (χ0n) is 12.8. The number of amides is 1. The largest absolute Gasteiger partial charge is 0.364 e. The SMILES string of the molecule is CCNC(=O)c1c([N+](=O)[O-])ccc(N(CCCl)CCCl)c1[N+](=O)[O-]. The number of hydrogen-bond acceptors (Lipinski definition) is 6. The highest BCUT2D eigenvalue weighted by atomic mass is 35.5. The Morgan fingerprint density at radius 1 is 1.17 bits per heavy atom. The molecule has 0 unspecified atom stereocenters. The third-order valence-electron chi connectivity index (χ3n) is 3.13. The highest BCUT2D eigenvalue weighted by Crippen LogP contribution is 2.37. The normalized spacial score (nSPS) is 10.3. The minimum atomic E-state index is -0.880. The fourth-order valence-electron chi connectivity index (χ4n) is 2.19. The van der Waals surface area contributed by atoms with E-state index in [2.05, 4.69) is 5.32 Å². The molecule has 0 aromatic heterocycles. The molecule has 11 heteroatoms. The Bertz CT molecular complexity index is 635. The number of rotatable bonds is 9. The second-order valence-corrected chi connectivity index (χ2v) is 5.32. The van der Waals surface area contributed by atoms with Gasteiger partial charge in [-0.15, -0.1) is 23.2 Å². The number of halogens is 2. The maximum absolute atomic E-state index is 12.2. The molecule has 0 saturated heterocycles. The highest BCUT2D eigenvalue weighted by Gasteiger charge is 2.35. The molecular weight excluding hydrogens is 363 g/mol. The minimum absolute atomic E-state index is 0.0631. The van der Waals surface area contributed by atoms with Gasteiger partial charge in [0.05, 0.1) is 9.85 Å². The number of alkyl halides is 2. The van der Waals surface area contributed by atoms with Crippen LogP contribution in [-0.4, -0.2) is 47.1 Å². The molecule has 132 valence electrons. The lowest BCUT2D eigenvalue weighted by atomic mass is 10.1. The Kier molecular flexibility index (Phi) is 7.66. The number of carbonyl (C=O) groups is 1. The molecule has 1 amide bonds. The lowest BCUT2D eigenvalue weighted by molar-refractivity contribution is -0.394. The van der Waals surface area contributed by atoms with Crippen molar-refractivity contribution in [1.29, 1.82) is 0 Å². The number of nitro groups is 2. The number of nitrogens with one attached hydrogen (secondary N) is 1. The summed E-state index contributed by atoms with van der Waals surface area (Å²) in [5, 5.41) is 25.1. The van der Waals surface area contributed by atoms with Gasteiger partial charge in [0.2, 0.25) is 0 Å². The van der Waals surface area contributed by atoms with E-state index in [1.165, 1.54) is 11.0 Å². The third-order valence-corrected chi connectivity index (χ3v) is 3.47. The molecule has 0 aliphatic rings. The second kappa shape index (κ2) is 9.24. The fourth-order valence-corrected chi connectivity index (χ4v) is 2.60. The van der Waals surface area contributed by atoms with Crippen molar-refractivity contribution in [2.24, 2.45) is 0 Å². The van der Waals surface area contributed by atoms with Gasteiger partial charge in [-0.1, -0.05) is 0 Å². The van der Waals surface area contributed by atoms with Crippen LogP contribution in [0.5, 0.6) is 0 Å². The van der Waals surface area contributed by atoms with Crippen molar-refractivity contribution in [3.63, 3.8) is 0 Å². The Morgan fingerprint density at radius 2 is 1.75 bits per heavy atom. The Hall–Kier alpha value is -2.13. The number of hydrogen-bond donors (Lipinski definition) is 1. The van der Waals surface area contributed by atoms with E-state index in [1.807, 2.05) is 0 Å². The lowest BCUT2D eigenvalue weighted by Crippen LogP contribution is -2.30. The van der Waals surface area contributed by atoms with Crippen LogP contribution in [0.3, 0.4) is 0 Å². The van der Waals surface area contributed by atoms with Crippen LogP contribution in [0.2, 0.25) is 0 Å². The van der Waals surface area contributed by atoms with Crippen LogP contribution in [-0.2, 0) is 0 Å². The van der Waals surface area contributed by atoms with Crippen LogP contribution in [0.1, 0.15) is 17.3 Å². The van der Waals surface area contributed by atoms with Gasteiger partial charge in [-0.3, -0.25) is 25.0 Å². The number of benzene rings is 1. The van der Waals surface area contributed by atoms with Crippen molar-refractivity contribution in [1.82, 2.24) is 5.32 Å². The topological polar surface area (TPSA) is 119 Å². The summed E-state index contributed by atoms with van der Waals surface area (Å²) in [5.74, 6) is -0.544. The van der Waals surface area contributed by atoms with Gasteiger partial charge in [0.25, 0.3) is 11.6 Å². The summed E-state index contributed by atoms with van der Waals surface area (Å²) >= 11 is 11.4. The molecule has 0 spiro atoms. The zero-order valence-corrected chi connectivity index (χ0v) is 14.3. The predicted octanol–water partition coefficient (Wildman–Crippen LogP) is 2.54. The zero-order chi connectivity index (χ0) is 18.3. The van der Waals surface area contributed by atoms with Crippen LogP contribution in [0.4, 0.5) is 17.1 Å². The molecule has 1 N–H and O–H groups in total. The minimum Gasteiger partial charge on any atom is -0.364 e. The summed E-state index contributed by atoms with van der Waals surface area (Å²) in [7, 11) is 0. The first kappa shape index (κ1) is 19.9. The van der Waals surface area contributed by atoms with Gasteiger partial charge in [0.15, 0.2) is 5.56 Å². The summed E-state index contributed by atoms with van der Waals surface area (Å²) in [6.07, 6.45) is 0. The molecule has 0 aliphatic heterocycles. The van der Waals surface area contributed by atoms with Gasteiger partial charge >= 0.3 is 5.69 Å². The van der Waals surface area contributed by atoms with Gasteiger partial charge in [0, 0.05) is 37.5 Å². The van der Waals surface area contributed by atoms with Crippen LogP contribution >= 0.6 is 23.2 Å². The molecule has 9 nitrogen and oxygen atoms in total. The maximum Gasteiger partial charge on any atom is 0.312 e. The van der Waals surface area contributed by atoms with Crippen molar-refractivity contribution in [2.45, 2.75) is 6.92 Å². The van der Waals surface area contributed by atoms with E-state index in [0.29, 0.717) is 0 Å². The first-order valence-corrected chi connectivity index (χ1v) is 8.06. The Labute approximate surface area is 147 Å². The number of nitrogens with zero attached hydrogens (tertiary/aromatic N) is 3. The Morgan fingerprint density at radius 3 is 2.17 bits per heavy atom. The average Bonchev–Trinajstić information content (AvgIpc) is 2.53. The van der Waals surface area contributed by atoms with E-state index in [-0.39, 0.29) is 37.1 Å². The van der Waals surface area contributed by atoms with E-state index in [1.54, 1.807) is 6.92 Å². The fraction of sp³-hybridized carbons (Fsp3) is 0.462. The van der Waals surface area contributed by atoms with Crippen LogP contribution in [0.15, 0.2) is 12.1 Å². The van der Waals surface area contributed by atoms with E-state index in [4.69, 9.17) is 23.2 Å². The van der Waals surface area contributed by atoms with Gasteiger partial charge in [0.1, 0.15) is 5.69 Å². The first-order valence-electron chi connectivity index (χ1n) is 6.99. The summed E-state index contributed by atoms with van der Waals surface area (Å²) in [6.45, 7) is 2.25. The molecule has 0 heterocycles. The average molecular weight is 379 g/mol. The van der Waals surface area contributed by atoms with Crippen molar-refractivity contribution >= 4 is 46.2 Å². The summed E-state index contributed by atoms with van der Waals surface area (Å²) in [4.78, 5) is 34.8. The smallest absolute Gasteiger partial charge is 0.312 e. The van der Waals surface area contributed by atoms with Crippen LogP contribution in [0.25, 0.3) is 0 Å². The van der Waals surface area contributed by atoms with E-state index in [9.17, 15) is 25.0 Å². The molecule has 0 fully saturated rings. The number of anilines is 1. The van der Waals surface area contributed by atoms with Gasteiger partial charge in [-0.2, -0.15) is 0 Å². The van der Waals surface area contributed by atoms with Crippen molar-refractivity contribution in [3.8, 4) is 0 Å². The first-order chi connectivity index (χ1) is 11.4. The molecule has 0 bridgehead atoms. The van der Waals surface area contributed by atoms with E-state index < -0.39 is 32.7 Å². The van der Waals surface area contributed by atoms with Crippen LogP contribution in [0, 0.1) is 20.2 Å². The number of nitro benzene ring substituents is 2. The molecule has 1 rings (SSSR count). The van der Waals surface area contributed by atoms with E-state index in [0.717, 1.165) is 6.07 Å². The monoisotopic (exact) mass is 378 g/mol. The standard InChI is InChI=1S/C13H16Cl2N4O5/c1-2-16-13(20)11-9(18(21)22)3-4-10(12(11)19(23)24)17(7-5-14)8-6-15/h3-4H,2,5-8H2,1H3,(H,16,20). The molecule has 0 atom stereocenters. The van der Waals surface area contributed by atoms with Gasteiger partial charge in [-0.25, -0.2) is 0 Å².